The Labute approximate surface area is 104 Å². The molecule has 5 heteroatoms. The number of anilines is 1. The van der Waals surface area contributed by atoms with Crippen LogP contribution in [0.5, 0.6) is 5.75 Å². The number of pyridine rings is 1. The van der Waals surface area contributed by atoms with E-state index >= 15 is 0 Å². The molecule has 1 atom stereocenters. The number of rotatable bonds is 5. The molecule has 0 aliphatic rings. The maximum absolute atomic E-state index is 12.1. The van der Waals surface area contributed by atoms with Crippen molar-refractivity contribution in [1.82, 2.24) is 4.98 Å². The number of ether oxygens (including phenoxy) is 1. The molecule has 1 aromatic heterocycles. The molecule has 18 heavy (non-hydrogen) atoms. The number of nitrogens with zero attached hydrogens (tertiary/aromatic N) is 1. The van der Waals surface area contributed by atoms with Gasteiger partial charge in [0.2, 0.25) is 0 Å². The van der Waals surface area contributed by atoms with Crippen LogP contribution in [0.15, 0.2) is 30.3 Å². The smallest absolute Gasteiger partial charge is 0.126 e. The third-order valence-electron chi connectivity index (χ3n) is 2.54. The van der Waals surface area contributed by atoms with E-state index in [1.54, 1.807) is 19.2 Å². The van der Waals surface area contributed by atoms with Gasteiger partial charge in [0, 0.05) is 18.5 Å². The summed E-state index contributed by atoms with van der Waals surface area (Å²) in [6, 6.07) is 9.25. The van der Waals surface area contributed by atoms with Crippen molar-refractivity contribution in [3.63, 3.8) is 0 Å². The second-order valence-corrected chi connectivity index (χ2v) is 3.92. The van der Waals surface area contributed by atoms with Crippen molar-refractivity contribution < 1.29 is 14.2 Å². The summed E-state index contributed by atoms with van der Waals surface area (Å²) in [6.07, 6.45) is -1.09. The molecule has 2 aromatic rings. The molecule has 0 bridgehead atoms. The van der Waals surface area contributed by atoms with Gasteiger partial charge in [-0.1, -0.05) is 0 Å². The maximum Gasteiger partial charge on any atom is 0.126 e. The number of aliphatic hydroxyl groups is 1. The lowest BCUT2D eigenvalue weighted by molar-refractivity contribution is 0.0842. The Balaban J connectivity index is 2.20. The van der Waals surface area contributed by atoms with Crippen LogP contribution in [0.2, 0.25) is 0 Å². The van der Waals surface area contributed by atoms with E-state index in [0.29, 0.717) is 5.75 Å². The predicted octanol–water partition coefficient (Wildman–Crippen LogP) is 1.99. The highest BCUT2D eigenvalue weighted by Gasteiger charge is 2.05. The standard InChI is InChI=1S/C13H15FN2O2/c1-15-13-5-3-9-2-4-11(6-12(9)16-13)18-8-10(17)7-14/h2-6,10,17H,7-8H2,1H3,(H,15,16). The normalized spacial score (nSPS) is 12.4. The van der Waals surface area contributed by atoms with Crippen LogP contribution in [0, 0.1) is 0 Å². The van der Waals surface area contributed by atoms with E-state index in [-0.39, 0.29) is 6.61 Å². The van der Waals surface area contributed by atoms with Gasteiger partial charge in [-0.05, 0) is 24.3 Å². The highest BCUT2D eigenvalue weighted by Crippen LogP contribution is 2.21. The Morgan fingerprint density at radius 1 is 1.39 bits per heavy atom. The van der Waals surface area contributed by atoms with Gasteiger partial charge in [0.15, 0.2) is 0 Å². The number of hydrogen-bond acceptors (Lipinski definition) is 4. The van der Waals surface area contributed by atoms with Crippen molar-refractivity contribution in [2.45, 2.75) is 6.10 Å². The number of nitrogens with one attached hydrogen (secondary N) is 1. The van der Waals surface area contributed by atoms with Gasteiger partial charge in [-0.15, -0.1) is 0 Å². The van der Waals surface area contributed by atoms with Crippen LogP contribution >= 0.6 is 0 Å². The first-order valence-corrected chi connectivity index (χ1v) is 5.68. The molecule has 1 heterocycles. The molecule has 2 rings (SSSR count). The number of benzene rings is 1. The van der Waals surface area contributed by atoms with Gasteiger partial charge in [0.25, 0.3) is 0 Å². The Kier molecular flexibility index (Phi) is 3.94. The number of hydrogen-bond donors (Lipinski definition) is 2. The molecule has 0 saturated heterocycles. The summed E-state index contributed by atoms with van der Waals surface area (Å²) in [5, 5.41) is 13.0. The van der Waals surface area contributed by atoms with E-state index in [1.165, 1.54) is 0 Å². The average molecular weight is 250 g/mol. The molecule has 0 amide bonds. The minimum absolute atomic E-state index is 0.0618. The van der Waals surface area contributed by atoms with Gasteiger partial charge >= 0.3 is 0 Å². The van der Waals surface area contributed by atoms with E-state index < -0.39 is 12.8 Å². The fourth-order valence-electron chi connectivity index (χ4n) is 1.56. The molecule has 0 fully saturated rings. The molecule has 0 aliphatic carbocycles. The number of fused-ring (bicyclic) bond motifs is 1. The lowest BCUT2D eigenvalue weighted by Crippen LogP contribution is -2.19. The van der Waals surface area contributed by atoms with Gasteiger partial charge < -0.3 is 15.2 Å². The third kappa shape index (κ3) is 2.87. The summed E-state index contributed by atoms with van der Waals surface area (Å²) in [7, 11) is 1.80. The first kappa shape index (κ1) is 12.6. The minimum atomic E-state index is -1.09. The van der Waals surface area contributed by atoms with Crippen molar-refractivity contribution in [3.8, 4) is 5.75 Å². The lowest BCUT2D eigenvalue weighted by atomic mass is 10.2. The Morgan fingerprint density at radius 3 is 2.89 bits per heavy atom. The molecule has 96 valence electrons. The van der Waals surface area contributed by atoms with Crippen molar-refractivity contribution in [1.29, 1.82) is 0 Å². The van der Waals surface area contributed by atoms with Gasteiger partial charge in [0.05, 0.1) is 5.52 Å². The quantitative estimate of drug-likeness (QED) is 0.852. The van der Waals surface area contributed by atoms with Crippen LogP contribution in [0.1, 0.15) is 0 Å². The molecule has 0 saturated carbocycles. The van der Waals surface area contributed by atoms with Crippen LogP contribution in [-0.2, 0) is 0 Å². The van der Waals surface area contributed by atoms with Gasteiger partial charge in [-0.3, -0.25) is 0 Å². The minimum Gasteiger partial charge on any atom is -0.491 e. The maximum atomic E-state index is 12.1. The van der Waals surface area contributed by atoms with Crippen LogP contribution < -0.4 is 10.1 Å². The largest absolute Gasteiger partial charge is 0.491 e. The second-order valence-electron chi connectivity index (χ2n) is 3.92. The average Bonchev–Trinajstić information content (AvgIpc) is 2.43. The van der Waals surface area contributed by atoms with E-state index in [1.807, 2.05) is 18.2 Å². The number of aliphatic hydroxyl groups excluding tert-OH is 1. The second kappa shape index (κ2) is 5.64. The monoisotopic (exact) mass is 250 g/mol. The molecule has 1 unspecified atom stereocenters. The summed E-state index contributed by atoms with van der Waals surface area (Å²) < 4.78 is 17.4. The first-order chi connectivity index (χ1) is 8.72. The Bertz CT molecular complexity index is 533. The summed E-state index contributed by atoms with van der Waals surface area (Å²) in [5.41, 5.74) is 0.786. The van der Waals surface area contributed by atoms with E-state index in [4.69, 9.17) is 9.84 Å². The van der Waals surface area contributed by atoms with Crippen LogP contribution in [0.3, 0.4) is 0 Å². The van der Waals surface area contributed by atoms with E-state index in [0.717, 1.165) is 16.7 Å². The third-order valence-corrected chi connectivity index (χ3v) is 2.54. The van der Waals surface area contributed by atoms with Gasteiger partial charge in [-0.2, -0.15) is 0 Å². The highest BCUT2D eigenvalue weighted by atomic mass is 19.1. The molecule has 0 radical (unpaired) electrons. The number of aromatic nitrogens is 1. The fraction of sp³-hybridized carbons (Fsp3) is 0.308. The lowest BCUT2D eigenvalue weighted by Gasteiger charge is -2.10. The van der Waals surface area contributed by atoms with E-state index in [2.05, 4.69) is 10.3 Å². The summed E-state index contributed by atoms with van der Waals surface area (Å²) in [5.74, 6) is 1.33. The topological polar surface area (TPSA) is 54.4 Å². The highest BCUT2D eigenvalue weighted by molar-refractivity contribution is 5.81. The van der Waals surface area contributed by atoms with Crippen molar-refractivity contribution in [3.05, 3.63) is 30.3 Å². The van der Waals surface area contributed by atoms with Gasteiger partial charge in [0.1, 0.15) is 31.0 Å². The molecular weight excluding hydrogens is 235 g/mol. The summed E-state index contributed by atoms with van der Waals surface area (Å²) in [6.45, 7) is -0.872. The van der Waals surface area contributed by atoms with Gasteiger partial charge in [-0.25, -0.2) is 9.37 Å². The van der Waals surface area contributed by atoms with Crippen molar-refractivity contribution in [2.75, 3.05) is 25.6 Å². The molecule has 4 nitrogen and oxygen atoms in total. The zero-order chi connectivity index (χ0) is 13.0. The first-order valence-electron chi connectivity index (χ1n) is 5.68. The SMILES string of the molecule is CNc1ccc2ccc(OCC(O)CF)cc2n1. The van der Waals surface area contributed by atoms with Crippen molar-refractivity contribution in [2.24, 2.45) is 0 Å². The van der Waals surface area contributed by atoms with Crippen LogP contribution in [0.4, 0.5) is 10.2 Å². The predicted molar refractivity (Wildman–Crippen MR) is 68.8 cm³/mol. The Morgan fingerprint density at radius 2 is 2.17 bits per heavy atom. The van der Waals surface area contributed by atoms with E-state index in [9.17, 15) is 4.39 Å². The molecule has 1 aromatic carbocycles. The van der Waals surface area contributed by atoms with Crippen molar-refractivity contribution >= 4 is 16.7 Å². The molecule has 0 spiro atoms. The zero-order valence-corrected chi connectivity index (χ0v) is 10.1. The Hall–Kier alpha value is -1.88. The summed E-state index contributed by atoms with van der Waals surface area (Å²) >= 11 is 0. The fourth-order valence-corrected chi connectivity index (χ4v) is 1.56. The van der Waals surface area contributed by atoms with Crippen LogP contribution in [-0.4, -0.2) is 36.5 Å². The molecular formula is C13H15FN2O2. The molecule has 0 aliphatic heterocycles. The number of halogens is 1. The van der Waals surface area contributed by atoms with Crippen LogP contribution in [0.25, 0.3) is 10.9 Å². The summed E-state index contributed by atoms with van der Waals surface area (Å²) in [4.78, 5) is 4.37. The molecule has 2 N–H and O–H groups in total. The zero-order valence-electron chi connectivity index (χ0n) is 10.1. The number of alkyl halides is 1.